The van der Waals surface area contributed by atoms with Gasteiger partial charge in [-0.3, -0.25) is 19.3 Å². The lowest BCUT2D eigenvalue weighted by Gasteiger charge is -2.37. The molecule has 0 amide bonds. The first kappa shape index (κ1) is 56.0. The van der Waals surface area contributed by atoms with Gasteiger partial charge in [0.05, 0.1) is 88.7 Å². The number of nitrogens with zero attached hydrogens (tertiary/aromatic N) is 10. The molecule has 1 atom stereocenters. The van der Waals surface area contributed by atoms with Crippen molar-refractivity contribution in [3.63, 3.8) is 0 Å². The second-order valence-electron chi connectivity index (χ2n) is 21.7. The lowest BCUT2D eigenvalue weighted by Crippen LogP contribution is -2.43. The Morgan fingerprint density at radius 2 is 1.23 bits per heavy atom. The molecule has 19 heteroatoms. The van der Waals surface area contributed by atoms with E-state index in [1.165, 1.54) is 0 Å². The van der Waals surface area contributed by atoms with Crippen LogP contribution in [0, 0.1) is 6.92 Å². The maximum Gasteiger partial charge on any atom is 0.192 e. The summed E-state index contributed by atoms with van der Waals surface area (Å²) in [4.78, 5) is 25.9. The Morgan fingerprint density at radius 3 is 1.80 bits per heavy atom. The Balaban J connectivity index is 0.000000219. The number of aliphatic hydroxyl groups excluding tert-OH is 1. The SMILES string of the molecule is COc1cc(C)cc(/C(O)=C2/C=Cc3ncc(-c4cnn(C)c4)nc3N2CCO[Si](C)(C)C(C)(C)C)c1.COc1cc(OC)cc(C(OCCO[Si](C)(C)C(C)(C)C)c2ccc3ncc(-c4cnn(C)c4)nc3n2)c1. The van der Waals surface area contributed by atoms with E-state index in [0.717, 1.165) is 27.9 Å². The molecule has 0 saturated carbocycles. The Labute approximate surface area is 443 Å². The summed E-state index contributed by atoms with van der Waals surface area (Å²) >= 11 is 0. The second-order valence-corrected chi connectivity index (χ2v) is 31.3. The summed E-state index contributed by atoms with van der Waals surface area (Å²) in [5, 5.41) is 20.2. The molecule has 0 spiro atoms. The third kappa shape index (κ3) is 13.4. The Kier molecular flexibility index (Phi) is 17.2. The number of benzene rings is 2. The van der Waals surface area contributed by atoms with Crippen molar-refractivity contribution in [2.45, 2.75) is 90.8 Å². The zero-order chi connectivity index (χ0) is 54.5. The van der Waals surface area contributed by atoms with Crippen molar-refractivity contribution in [1.82, 2.24) is 44.5 Å². The third-order valence-corrected chi connectivity index (χ3v) is 23.2. The fourth-order valence-electron chi connectivity index (χ4n) is 7.71. The summed E-state index contributed by atoms with van der Waals surface area (Å²) in [5.41, 5.74) is 9.01. The van der Waals surface area contributed by atoms with Crippen LogP contribution in [0.3, 0.4) is 0 Å². The van der Waals surface area contributed by atoms with E-state index in [1.807, 2.05) is 99.0 Å². The molecule has 0 radical (unpaired) electrons. The first-order valence-corrected chi connectivity index (χ1v) is 30.9. The van der Waals surface area contributed by atoms with Gasteiger partial charge in [-0.25, -0.2) is 15.0 Å². The van der Waals surface area contributed by atoms with Gasteiger partial charge >= 0.3 is 0 Å². The third-order valence-electron chi connectivity index (χ3n) is 14.1. The van der Waals surface area contributed by atoms with Gasteiger partial charge in [-0.05, 0) is 109 Å². The van der Waals surface area contributed by atoms with Crippen LogP contribution < -0.4 is 19.1 Å². The van der Waals surface area contributed by atoms with Crippen molar-refractivity contribution in [3.05, 3.63) is 126 Å². The normalized spacial score (nSPS) is 14.1. The number of allylic oxidation sites excluding steroid dienone is 1. The first-order chi connectivity index (χ1) is 35.4. The predicted octanol–water partition coefficient (Wildman–Crippen LogP) is 11.5. The van der Waals surface area contributed by atoms with Gasteiger partial charge in [0.15, 0.2) is 28.1 Å². The lowest BCUT2D eigenvalue weighted by atomic mass is 10.0. The molecule has 75 heavy (non-hydrogen) atoms. The van der Waals surface area contributed by atoms with Crippen LogP contribution >= 0.6 is 0 Å². The minimum absolute atomic E-state index is 0.0962. The number of pyridine rings is 1. The maximum absolute atomic E-state index is 11.5. The van der Waals surface area contributed by atoms with Crippen molar-refractivity contribution in [2.75, 3.05) is 52.6 Å². The van der Waals surface area contributed by atoms with Crippen molar-refractivity contribution in [3.8, 4) is 39.8 Å². The van der Waals surface area contributed by atoms with Crippen LogP contribution in [0.4, 0.5) is 5.82 Å². The number of aryl methyl sites for hydroxylation is 3. The molecule has 398 valence electrons. The molecule has 6 heterocycles. The van der Waals surface area contributed by atoms with E-state index in [-0.39, 0.29) is 15.8 Å². The molecular formula is C56H74N10O7Si2. The number of aromatic nitrogens is 9. The van der Waals surface area contributed by atoms with E-state index < -0.39 is 22.7 Å². The Bertz CT molecular complexity index is 3150. The Morgan fingerprint density at radius 1 is 0.653 bits per heavy atom. The molecule has 1 aliphatic heterocycles. The van der Waals surface area contributed by atoms with Gasteiger partial charge in [0.25, 0.3) is 0 Å². The highest BCUT2D eigenvalue weighted by Crippen LogP contribution is 2.39. The number of methoxy groups -OCH3 is 3. The van der Waals surface area contributed by atoms with E-state index in [2.05, 4.69) is 87.9 Å². The number of rotatable bonds is 17. The second kappa shape index (κ2) is 23.0. The van der Waals surface area contributed by atoms with E-state index in [1.54, 1.807) is 55.5 Å². The van der Waals surface area contributed by atoms with Crippen LogP contribution in [0.5, 0.6) is 17.2 Å². The zero-order valence-electron chi connectivity index (χ0n) is 46.5. The van der Waals surface area contributed by atoms with Crippen LogP contribution in [0.15, 0.2) is 97.5 Å². The van der Waals surface area contributed by atoms with Crippen molar-refractivity contribution >= 4 is 45.5 Å². The molecule has 0 aliphatic carbocycles. The van der Waals surface area contributed by atoms with Gasteiger partial charge in [0.2, 0.25) is 0 Å². The molecule has 8 rings (SSSR count). The standard InChI is InChI=1S/C28H37N5O4Si.C28H37N5O3Si/c1-28(2,3)38(7,8)37-12-11-36-26(19-13-21(34-5)15-22(14-19)35-6)23-9-10-24-27(31-23)32-25(17-29-24)20-16-30-33(4)18-20;1-19-13-20(15-22(14-19)35-6)26(34)25-10-9-23-27(31-24(17-29-23)21-16-30-32(5)18-21)33(25)11-12-36-37(7,8)28(2,3)4/h9-10,13-18,26H,11-12H2,1-8H3;9-10,13-18,34H,11-12H2,1-8H3/b;26-25+. The number of hydrogen-bond donors (Lipinski definition) is 1. The highest BCUT2D eigenvalue weighted by molar-refractivity contribution is 6.74. The van der Waals surface area contributed by atoms with Crippen molar-refractivity contribution in [1.29, 1.82) is 0 Å². The van der Waals surface area contributed by atoms with Crippen LogP contribution in [0.25, 0.3) is 45.5 Å². The van der Waals surface area contributed by atoms with Gasteiger partial charge in [-0.1, -0.05) is 41.5 Å². The van der Waals surface area contributed by atoms with Crippen LogP contribution in [0.1, 0.15) is 75.7 Å². The maximum atomic E-state index is 11.5. The topological polar surface area (TPSA) is 179 Å². The van der Waals surface area contributed by atoms with Crippen molar-refractivity contribution in [2.24, 2.45) is 14.1 Å². The number of anilines is 1. The number of fused-ring (bicyclic) bond motifs is 2. The van der Waals surface area contributed by atoms with Gasteiger partial charge in [-0.15, -0.1) is 0 Å². The molecule has 7 aromatic rings. The van der Waals surface area contributed by atoms with E-state index >= 15 is 0 Å². The molecule has 0 bridgehead atoms. The predicted molar refractivity (Wildman–Crippen MR) is 301 cm³/mol. The molecule has 5 aromatic heterocycles. The first-order valence-electron chi connectivity index (χ1n) is 25.1. The van der Waals surface area contributed by atoms with Gasteiger partial charge in [0.1, 0.15) is 40.3 Å². The van der Waals surface area contributed by atoms with E-state index in [9.17, 15) is 5.11 Å². The van der Waals surface area contributed by atoms with E-state index in [0.29, 0.717) is 88.9 Å². The molecule has 1 aliphatic rings. The van der Waals surface area contributed by atoms with Crippen LogP contribution in [0.2, 0.25) is 36.3 Å². The number of aliphatic hydroxyl groups is 1. The highest BCUT2D eigenvalue weighted by atomic mass is 28.4. The summed E-state index contributed by atoms with van der Waals surface area (Å²) in [6.45, 7) is 26.2. The zero-order valence-corrected chi connectivity index (χ0v) is 48.5. The smallest absolute Gasteiger partial charge is 0.192 e. The number of ether oxygens (including phenoxy) is 4. The molecule has 0 fully saturated rings. The lowest BCUT2D eigenvalue weighted by molar-refractivity contribution is 0.0505. The summed E-state index contributed by atoms with van der Waals surface area (Å²) in [7, 11) is 4.77. The summed E-state index contributed by atoms with van der Waals surface area (Å²) in [5.74, 6) is 2.84. The minimum Gasteiger partial charge on any atom is -0.505 e. The highest BCUT2D eigenvalue weighted by Gasteiger charge is 2.38. The summed E-state index contributed by atoms with van der Waals surface area (Å²) < 4.78 is 39.3. The summed E-state index contributed by atoms with van der Waals surface area (Å²) in [6, 6.07) is 15.3. The van der Waals surface area contributed by atoms with Crippen LogP contribution in [-0.2, 0) is 27.7 Å². The van der Waals surface area contributed by atoms with Crippen LogP contribution in [-0.4, -0.2) is 114 Å². The molecule has 1 unspecified atom stereocenters. The fraction of sp³-hybridized carbons (Fsp3) is 0.411. The quantitative estimate of drug-likeness (QED) is 0.0517. The largest absolute Gasteiger partial charge is 0.505 e. The minimum atomic E-state index is -1.96. The molecule has 0 saturated heterocycles. The number of hydrogen-bond acceptors (Lipinski definition) is 15. The van der Waals surface area contributed by atoms with E-state index in [4.69, 9.17) is 42.8 Å². The average molecular weight is 1060 g/mol. The fourth-order valence-corrected chi connectivity index (χ4v) is 9.78. The summed E-state index contributed by atoms with van der Waals surface area (Å²) in [6.07, 6.45) is 14.1. The molecular weight excluding hydrogens is 981 g/mol. The Hall–Kier alpha value is -6.78. The van der Waals surface area contributed by atoms with Gasteiger partial charge < -0.3 is 37.8 Å². The van der Waals surface area contributed by atoms with Crippen molar-refractivity contribution < 1.29 is 32.9 Å². The molecule has 1 N–H and O–H groups in total. The average Bonchev–Trinajstić information content (AvgIpc) is 4.02. The van der Waals surface area contributed by atoms with Gasteiger partial charge in [0, 0.05) is 55.8 Å². The van der Waals surface area contributed by atoms with Gasteiger partial charge in [-0.2, -0.15) is 10.2 Å². The molecule has 17 nitrogen and oxygen atoms in total. The molecule has 2 aromatic carbocycles. The monoisotopic (exact) mass is 1050 g/mol.